The summed E-state index contributed by atoms with van der Waals surface area (Å²) in [6, 6.07) is 15.9. The first-order valence-electron chi connectivity index (χ1n) is 10.7. The van der Waals surface area contributed by atoms with Crippen LogP contribution in [-0.2, 0) is 10.0 Å². The average molecular weight is 553 g/mol. The molecule has 0 amide bonds. The van der Waals surface area contributed by atoms with Gasteiger partial charge in [0, 0.05) is 27.6 Å². The smallest absolute Gasteiger partial charge is 0.241 e. The van der Waals surface area contributed by atoms with E-state index in [1.807, 2.05) is 12.1 Å². The number of hydrazone groups is 1. The Labute approximate surface area is 218 Å². The van der Waals surface area contributed by atoms with Gasteiger partial charge in [0.1, 0.15) is 13.2 Å². The average Bonchev–Trinajstić information content (AvgIpc) is 3.33. The molecule has 0 saturated carbocycles. The molecule has 0 radical (unpaired) electrons. The van der Waals surface area contributed by atoms with E-state index in [9.17, 15) is 8.42 Å². The SMILES string of the molecule is O=S(=O)(NC(C1=NNC(c2ccc(Cl)cc2)C1)c1ccc(Cl)cc1Cl)c1ccc2c(c1)OCCO2. The summed E-state index contributed by atoms with van der Waals surface area (Å²) in [4.78, 5) is 0.0395. The highest BCUT2D eigenvalue weighted by Crippen LogP contribution is 2.35. The molecule has 2 heterocycles. The van der Waals surface area contributed by atoms with E-state index in [-0.39, 0.29) is 10.9 Å². The fraction of sp³-hybridized carbons (Fsp3) is 0.208. The first-order chi connectivity index (χ1) is 16.8. The largest absolute Gasteiger partial charge is 0.486 e. The minimum absolute atomic E-state index is 0.0395. The molecular formula is C24H20Cl3N3O4S. The molecule has 0 aliphatic carbocycles. The molecule has 2 N–H and O–H groups in total. The summed E-state index contributed by atoms with van der Waals surface area (Å²) in [6.45, 7) is 0.762. The Bertz CT molecular complexity index is 1400. The van der Waals surface area contributed by atoms with E-state index >= 15 is 0 Å². The Balaban J connectivity index is 1.47. The monoisotopic (exact) mass is 551 g/mol. The van der Waals surface area contributed by atoms with Crippen LogP contribution < -0.4 is 19.6 Å². The first kappa shape index (κ1) is 24.2. The van der Waals surface area contributed by atoms with Crippen molar-refractivity contribution in [1.29, 1.82) is 0 Å². The number of nitrogens with one attached hydrogen (secondary N) is 2. The topological polar surface area (TPSA) is 89.0 Å². The zero-order valence-corrected chi connectivity index (χ0v) is 21.3. The molecule has 182 valence electrons. The van der Waals surface area contributed by atoms with Crippen LogP contribution in [0.25, 0.3) is 0 Å². The second-order valence-corrected chi connectivity index (χ2v) is 11.1. The van der Waals surface area contributed by atoms with Crippen molar-refractivity contribution in [2.45, 2.75) is 23.4 Å². The van der Waals surface area contributed by atoms with Gasteiger partial charge in [-0.05, 0) is 47.5 Å². The third-order valence-electron chi connectivity index (χ3n) is 5.75. The van der Waals surface area contributed by atoms with Gasteiger partial charge in [-0.1, -0.05) is 53.0 Å². The summed E-state index contributed by atoms with van der Waals surface area (Å²) in [5, 5.41) is 5.87. The molecule has 0 fully saturated rings. The number of sulfonamides is 1. The fourth-order valence-corrected chi connectivity index (χ4v) is 5.85. The highest BCUT2D eigenvalue weighted by molar-refractivity contribution is 7.89. The van der Waals surface area contributed by atoms with Crippen LogP contribution in [0.5, 0.6) is 11.5 Å². The molecule has 35 heavy (non-hydrogen) atoms. The van der Waals surface area contributed by atoms with Gasteiger partial charge in [0.05, 0.1) is 22.7 Å². The molecule has 2 aliphatic heterocycles. The number of benzene rings is 3. The molecule has 3 aromatic rings. The van der Waals surface area contributed by atoms with Gasteiger partial charge in [-0.25, -0.2) is 8.42 Å². The summed E-state index contributed by atoms with van der Waals surface area (Å²) < 4.78 is 40.8. The number of nitrogens with zero attached hydrogens (tertiary/aromatic N) is 1. The zero-order chi connectivity index (χ0) is 24.6. The maximum atomic E-state index is 13.5. The van der Waals surface area contributed by atoms with Crippen LogP contribution >= 0.6 is 34.8 Å². The third-order valence-corrected chi connectivity index (χ3v) is 7.99. The molecule has 2 aliphatic rings. The Morgan fingerprint density at radius 1 is 0.914 bits per heavy atom. The maximum absolute atomic E-state index is 13.5. The van der Waals surface area contributed by atoms with E-state index in [1.165, 1.54) is 12.1 Å². The van der Waals surface area contributed by atoms with E-state index in [1.54, 1.807) is 36.4 Å². The first-order valence-corrected chi connectivity index (χ1v) is 13.4. The Hall–Kier alpha value is -2.49. The summed E-state index contributed by atoms with van der Waals surface area (Å²) in [5.74, 6) is 0.880. The number of rotatable bonds is 6. The minimum Gasteiger partial charge on any atom is -0.486 e. The van der Waals surface area contributed by atoms with Crippen molar-refractivity contribution in [2.75, 3.05) is 13.2 Å². The van der Waals surface area contributed by atoms with Gasteiger partial charge in [-0.3, -0.25) is 0 Å². The van der Waals surface area contributed by atoms with Gasteiger partial charge in [-0.15, -0.1) is 0 Å². The molecule has 7 nitrogen and oxygen atoms in total. The molecule has 0 saturated heterocycles. The van der Waals surface area contributed by atoms with Crippen LogP contribution in [0, 0.1) is 0 Å². The molecular weight excluding hydrogens is 533 g/mol. The Morgan fingerprint density at radius 2 is 1.63 bits per heavy atom. The number of hydrogen-bond acceptors (Lipinski definition) is 6. The van der Waals surface area contributed by atoms with Crippen molar-refractivity contribution >= 4 is 50.5 Å². The molecule has 2 atom stereocenters. The molecule has 0 aromatic heterocycles. The summed E-state index contributed by atoms with van der Waals surface area (Å²) in [7, 11) is -4.00. The van der Waals surface area contributed by atoms with E-state index < -0.39 is 16.1 Å². The van der Waals surface area contributed by atoms with Gasteiger partial charge in [0.2, 0.25) is 10.0 Å². The molecule has 0 bridgehead atoms. The molecule has 11 heteroatoms. The quantitative estimate of drug-likeness (QED) is 0.420. The zero-order valence-electron chi connectivity index (χ0n) is 18.2. The molecule has 5 rings (SSSR count). The number of ether oxygens (including phenoxy) is 2. The van der Waals surface area contributed by atoms with Gasteiger partial charge < -0.3 is 14.9 Å². The summed E-state index contributed by atoms with van der Waals surface area (Å²) >= 11 is 18.6. The number of fused-ring (bicyclic) bond motifs is 1. The lowest BCUT2D eigenvalue weighted by atomic mass is 9.96. The van der Waals surface area contributed by atoms with Gasteiger partial charge in [0.25, 0.3) is 0 Å². The van der Waals surface area contributed by atoms with Gasteiger partial charge in [-0.2, -0.15) is 9.82 Å². The standard InChI is InChI=1S/C24H20Cl3N3O4S/c25-15-3-1-14(2-4-15)20-13-21(29-28-20)24(18-7-5-16(26)11-19(18)27)30-35(31,32)17-6-8-22-23(12-17)34-10-9-33-22/h1-8,11-12,20,24,28,30H,9-10,13H2. The highest BCUT2D eigenvalue weighted by Gasteiger charge is 2.33. The number of halogens is 3. The fourth-order valence-electron chi connectivity index (χ4n) is 3.99. The lowest BCUT2D eigenvalue weighted by molar-refractivity contribution is 0.171. The highest BCUT2D eigenvalue weighted by atomic mass is 35.5. The van der Waals surface area contributed by atoms with Crippen LogP contribution in [0.3, 0.4) is 0 Å². The van der Waals surface area contributed by atoms with Crippen molar-refractivity contribution < 1.29 is 17.9 Å². The summed E-state index contributed by atoms with van der Waals surface area (Å²) in [5.41, 5.74) is 5.19. The third kappa shape index (κ3) is 5.22. The summed E-state index contributed by atoms with van der Waals surface area (Å²) in [6.07, 6.45) is 0.453. The molecule has 0 spiro atoms. The Kier molecular flexibility index (Phi) is 6.83. The number of hydrogen-bond donors (Lipinski definition) is 2. The second-order valence-electron chi connectivity index (χ2n) is 8.07. The van der Waals surface area contributed by atoms with E-state index in [2.05, 4.69) is 15.2 Å². The second kappa shape index (κ2) is 9.87. The van der Waals surface area contributed by atoms with Crippen LogP contribution in [0.4, 0.5) is 0 Å². The van der Waals surface area contributed by atoms with Crippen molar-refractivity contribution in [3.8, 4) is 11.5 Å². The lowest BCUT2D eigenvalue weighted by Gasteiger charge is -2.22. The van der Waals surface area contributed by atoms with Gasteiger partial charge in [0.15, 0.2) is 11.5 Å². The molecule has 2 unspecified atom stereocenters. The van der Waals surface area contributed by atoms with Crippen LogP contribution in [0.2, 0.25) is 15.1 Å². The van der Waals surface area contributed by atoms with Crippen LogP contribution in [0.15, 0.2) is 70.7 Å². The van der Waals surface area contributed by atoms with E-state index in [4.69, 9.17) is 44.3 Å². The van der Waals surface area contributed by atoms with E-state index in [0.29, 0.717) is 57.5 Å². The minimum atomic E-state index is -4.00. The predicted octanol–water partition coefficient (Wildman–Crippen LogP) is 5.53. The van der Waals surface area contributed by atoms with Crippen molar-refractivity contribution in [2.24, 2.45) is 5.10 Å². The normalized spacial score (nSPS) is 18.0. The predicted molar refractivity (Wildman–Crippen MR) is 136 cm³/mol. The van der Waals surface area contributed by atoms with Crippen LogP contribution in [0.1, 0.15) is 29.6 Å². The van der Waals surface area contributed by atoms with Crippen molar-refractivity contribution in [3.63, 3.8) is 0 Å². The Morgan fingerprint density at radius 3 is 2.37 bits per heavy atom. The van der Waals surface area contributed by atoms with E-state index in [0.717, 1.165) is 5.56 Å². The van der Waals surface area contributed by atoms with Crippen molar-refractivity contribution in [1.82, 2.24) is 10.1 Å². The lowest BCUT2D eigenvalue weighted by Crippen LogP contribution is -2.34. The van der Waals surface area contributed by atoms with Gasteiger partial charge >= 0.3 is 0 Å². The van der Waals surface area contributed by atoms with Crippen LogP contribution in [-0.4, -0.2) is 27.3 Å². The van der Waals surface area contributed by atoms with Crippen molar-refractivity contribution in [3.05, 3.63) is 86.9 Å². The molecule has 3 aromatic carbocycles. The maximum Gasteiger partial charge on any atom is 0.241 e.